The molecule has 0 atom stereocenters. The second kappa shape index (κ2) is 10.3. The van der Waals surface area contributed by atoms with E-state index in [1.54, 1.807) is 13.1 Å². The van der Waals surface area contributed by atoms with Gasteiger partial charge >= 0.3 is 0 Å². The van der Waals surface area contributed by atoms with E-state index in [1.165, 1.54) is 24.3 Å². The first-order valence-electron chi connectivity index (χ1n) is 8.71. The van der Waals surface area contributed by atoms with E-state index in [1.807, 2.05) is 12.1 Å². The molecule has 0 spiro atoms. The van der Waals surface area contributed by atoms with Gasteiger partial charge < -0.3 is 20.1 Å². The van der Waals surface area contributed by atoms with E-state index in [9.17, 15) is 4.39 Å². The largest absolute Gasteiger partial charge is 0.494 e. The summed E-state index contributed by atoms with van der Waals surface area (Å²) in [6, 6.07) is 11.3. The molecule has 0 saturated carbocycles. The molecular weight excluding hydrogens is 460 g/mol. The molecule has 1 aliphatic rings. The lowest BCUT2D eigenvalue weighted by Crippen LogP contribution is -2.37. The van der Waals surface area contributed by atoms with Crippen LogP contribution in [0.15, 0.2) is 41.4 Å². The number of benzene rings is 2. The number of nitrogens with zero attached hydrogens (tertiary/aromatic N) is 1. The average molecular weight is 485 g/mol. The predicted molar refractivity (Wildman–Crippen MR) is 116 cm³/mol. The third-order valence-corrected chi connectivity index (χ3v) is 4.36. The van der Waals surface area contributed by atoms with Crippen LogP contribution in [0.25, 0.3) is 0 Å². The zero-order valence-corrected chi connectivity index (χ0v) is 17.9. The normalized spacial score (nSPS) is 12.6. The summed E-state index contributed by atoms with van der Waals surface area (Å²) >= 11 is 0. The van der Waals surface area contributed by atoms with Crippen molar-refractivity contribution in [2.24, 2.45) is 4.99 Å². The predicted octanol–water partition coefficient (Wildman–Crippen LogP) is 3.29. The van der Waals surface area contributed by atoms with Gasteiger partial charge in [0.2, 0.25) is 0 Å². The molecule has 5 nitrogen and oxygen atoms in total. The van der Waals surface area contributed by atoms with Gasteiger partial charge in [0, 0.05) is 26.6 Å². The molecular formula is C20H25FIN3O2. The molecule has 2 N–H and O–H groups in total. The SMILES string of the molecule is CN=C(NCCc1ccc2c(c1)CCO2)NCc1ccc(OC)c(F)c1.I. The summed E-state index contributed by atoms with van der Waals surface area (Å²) in [5, 5.41) is 6.47. The van der Waals surface area contributed by atoms with Gasteiger partial charge in [-0.25, -0.2) is 4.39 Å². The van der Waals surface area contributed by atoms with Crippen LogP contribution >= 0.6 is 24.0 Å². The smallest absolute Gasteiger partial charge is 0.191 e. The first-order chi connectivity index (χ1) is 12.7. The van der Waals surface area contributed by atoms with Crippen molar-refractivity contribution in [3.63, 3.8) is 0 Å². The number of rotatable bonds is 6. The van der Waals surface area contributed by atoms with Crippen LogP contribution in [0.5, 0.6) is 11.5 Å². The molecule has 2 aromatic carbocycles. The van der Waals surface area contributed by atoms with E-state index in [0.29, 0.717) is 12.5 Å². The molecule has 1 aliphatic heterocycles. The summed E-state index contributed by atoms with van der Waals surface area (Å²) in [7, 11) is 3.17. The highest BCUT2D eigenvalue weighted by Crippen LogP contribution is 2.25. The van der Waals surface area contributed by atoms with Gasteiger partial charge in [0.15, 0.2) is 17.5 Å². The third kappa shape index (κ3) is 5.72. The van der Waals surface area contributed by atoms with Crippen LogP contribution in [0.2, 0.25) is 0 Å². The Hall–Kier alpha value is -2.03. The Kier molecular flexibility index (Phi) is 8.15. The zero-order chi connectivity index (χ0) is 18.4. The van der Waals surface area contributed by atoms with Gasteiger partial charge in [-0.15, -0.1) is 24.0 Å². The number of nitrogens with one attached hydrogen (secondary N) is 2. The van der Waals surface area contributed by atoms with Gasteiger partial charge in [-0.1, -0.05) is 18.2 Å². The Labute approximate surface area is 176 Å². The van der Waals surface area contributed by atoms with Crippen LogP contribution < -0.4 is 20.1 Å². The van der Waals surface area contributed by atoms with Crippen molar-refractivity contribution in [2.75, 3.05) is 27.3 Å². The van der Waals surface area contributed by atoms with Gasteiger partial charge in [-0.05, 0) is 41.3 Å². The van der Waals surface area contributed by atoms with Gasteiger partial charge in [-0.3, -0.25) is 4.99 Å². The van der Waals surface area contributed by atoms with E-state index in [2.05, 4.69) is 27.8 Å². The Balaban J connectivity index is 0.00000261. The number of fused-ring (bicyclic) bond motifs is 1. The lowest BCUT2D eigenvalue weighted by Gasteiger charge is -2.13. The quantitative estimate of drug-likeness (QED) is 0.375. The molecule has 0 unspecified atom stereocenters. The molecule has 0 saturated heterocycles. The molecule has 146 valence electrons. The van der Waals surface area contributed by atoms with Crippen LogP contribution in [0.4, 0.5) is 4.39 Å². The zero-order valence-electron chi connectivity index (χ0n) is 15.5. The van der Waals surface area contributed by atoms with Crippen molar-refractivity contribution in [2.45, 2.75) is 19.4 Å². The topological polar surface area (TPSA) is 54.9 Å². The van der Waals surface area contributed by atoms with E-state index in [-0.39, 0.29) is 35.5 Å². The van der Waals surface area contributed by atoms with Crippen molar-refractivity contribution in [1.29, 1.82) is 0 Å². The van der Waals surface area contributed by atoms with Crippen molar-refractivity contribution < 1.29 is 13.9 Å². The summed E-state index contributed by atoms with van der Waals surface area (Å²) in [4.78, 5) is 4.20. The molecule has 0 fully saturated rings. The maximum Gasteiger partial charge on any atom is 0.191 e. The number of halogens is 2. The van der Waals surface area contributed by atoms with E-state index in [0.717, 1.165) is 37.3 Å². The van der Waals surface area contributed by atoms with Crippen molar-refractivity contribution in [3.8, 4) is 11.5 Å². The van der Waals surface area contributed by atoms with Gasteiger partial charge in [0.1, 0.15) is 5.75 Å². The number of hydrogen-bond donors (Lipinski definition) is 2. The first kappa shape index (κ1) is 21.3. The van der Waals surface area contributed by atoms with E-state index in [4.69, 9.17) is 9.47 Å². The maximum atomic E-state index is 13.7. The third-order valence-electron chi connectivity index (χ3n) is 4.36. The molecule has 0 radical (unpaired) electrons. The second-order valence-corrected chi connectivity index (χ2v) is 6.11. The minimum atomic E-state index is -0.365. The molecule has 0 bridgehead atoms. The van der Waals surface area contributed by atoms with Crippen LogP contribution in [-0.2, 0) is 19.4 Å². The monoisotopic (exact) mass is 485 g/mol. The molecule has 27 heavy (non-hydrogen) atoms. The minimum absolute atomic E-state index is 0. The Morgan fingerprint density at radius 3 is 2.74 bits per heavy atom. The molecule has 7 heteroatoms. The molecule has 0 amide bonds. The fourth-order valence-corrected chi connectivity index (χ4v) is 2.95. The van der Waals surface area contributed by atoms with E-state index >= 15 is 0 Å². The summed E-state index contributed by atoms with van der Waals surface area (Å²) < 4.78 is 24.2. The minimum Gasteiger partial charge on any atom is -0.494 e. The Morgan fingerprint density at radius 2 is 2.00 bits per heavy atom. The standard InChI is InChI=1S/C20H24FN3O2.HI/c1-22-20(24-13-15-4-6-19(25-2)17(21)12-15)23-9-7-14-3-5-18-16(11-14)8-10-26-18;/h3-6,11-12H,7-10,13H2,1-2H3,(H2,22,23,24);1H. The maximum absolute atomic E-state index is 13.7. The number of guanidine groups is 1. The van der Waals surface area contributed by atoms with Crippen LogP contribution in [-0.4, -0.2) is 33.3 Å². The number of hydrogen-bond acceptors (Lipinski definition) is 3. The molecule has 2 aromatic rings. The number of ether oxygens (including phenoxy) is 2. The van der Waals surface area contributed by atoms with Gasteiger partial charge in [0.25, 0.3) is 0 Å². The molecule has 3 rings (SSSR count). The highest BCUT2D eigenvalue weighted by atomic mass is 127. The summed E-state index contributed by atoms with van der Waals surface area (Å²) in [5.74, 6) is 1.57. The summed E-state index contributed by atoms with van der Waals surface area (Å²) in [6.45, 7) is 2.02. The fraction of sp³-hybridized carbons (Fsp3) is 0.350. The van der Waals surface area contributed by atoms with Crippen molar-refractivity contribution in [1.82, 2.24) is 10.6 Å². The van der Waals surface area contributed by atoms with Crippen molar-refractivity contribution in [3.05, 3.63) is 58.9 Å². The second-order valence-electron chi connectivity index (χ2n) is 6.11. The van der Waals surface area contributed by atoms with Gasteiger partial charge in [-0.2, -0.15) is 0 Å². The van der Waals surface area contributed by atoms with Gasteiger partial charge in [0.05, 0.1) is 13.7 Å². The highest BCUT2D eigenvalue weighted by Gasteiger charge is 2.11. The molecule has 0 aliphatic carbocycles. The Morgan fingerprint density at radius 1 is 1.19 bits per heavy atom. The van der Waals surface area contributed by atoms with E-state index < -0.39 is 0 Å². The lowest BCUT2D eigenvalue weighted by atomic mass is 10.1. The Bertz CT molecular complexity index is 799. The first-order valence-corrected chi connectivity index (χ1v) is 8.71. The molecule has 1 heterocycles. The number of aliphatic imine (C=N–C) groups is 1. The lowest BCUT2D eigenvalue weighted by molar-refractivity contribution is 0.357. The summed E-state index contributed by atoms with van der Waals surface area (Å²) in [6.07, 6.45) is 1.88. The van der Waals surface area contributed by atoms with Crippen molar-refractivity contribution >= 4 is 29.9 Å². The summed E-state index contributed by atoms with van der Waals surface area (Å²) in [5.41, 5.74) is 3.38. The van der Waals surface area contributed by atoms with Crippen LogP contribution in [0.3, 0.4) is 0 Å². The van der Waals surface area contributed by atoms with Crippen LogP contribution in [0, 0.1) is 5.82 Å². The highest BCUT2D eigenvalue weighted by molar-refractivity contribution is 14.0. The fourth-order valence-electron chi connectivity index (χ4n) is 2.95. The van der Waals surface area contributed by atoms with Crippen LogP contribution in [0.1, 0.15) is 16.7 Å². The molecule has 0 aromatic heterocycles. The number of methoxy groups -OCH3 is 1. The average Bonchev–Trinajstić information content (AvgIpc) is 3.12.